The molecule has 3 aromatic rings. The number of aliphatic hydroxyl groups is 1. The maximum atomic E-state index is 12.0. The van der Waals surface area contributed by atoms with Gasteiger partial charge in [-0.15, -0.1) is 11.3 Å². The molecule has 1 unspecified atom stereocenters. The first-order valence-electron chi connectivity index (χ1n) is 7.15. The molecule has 3 rings (SSSR count). The van der Waals surface area contributed by atoms with Gasteiger partial charge in [-0.1, -0.05) is 17.7 Å². The maximum absolute atomic E-state index is 12.0. The summed E-state index contributed by atoms with van der Waals surface area (Å²) in [6.45, 7) is 0. The van der Waals surface area contributed by atoms with E-state index in [1.807, 2.05) is 0 Å². The quantitative estimate of drug-likeness (QED) is 0.519. The van der Waals surface area contributed by atoms with E-state index in [0.717, 1.165) is 11.3 Å². The van der Waals surface area contributed by atoms with Gasteiger partial charge < -0.3 is 19.9 Å². The smallest absolute Gasteiger partial charge is 0.350 e. The van der Waals surface area contributed by atoms with E-state index < -0.39 is 12.2 Å². The predicted octanol–water partition coefficient (Wildman–Crippen LogP) is 3.24. The van der Waals surface area contributed by atoms with Gasteiger partial charge in [-0.25, -0.2) is 14.8 Å². The van der Waals surface area contributed by atoms with Crippen molar-refractivity contribution >= 4 is 44.9 Å². The summed E-state index contributed by atoms with van der Waals surface area (Å²) in [6.07, 6.45) is 1.92. The Labute approximate surface area is 152 Å². The largest absolute Gasteiger partial charge is 0.495 e. The number of fused-ring (bicyclic) bond motifs is 1. The number of thiophene rings is 1. The van der Waals surface area contributed by atoms with Crippen LogP contribution in [0.1, 0.15) is 21.5 Å². The topological polar surface area (TPSA) is 93.6 Å². The van der Waals surface area contributed by atoms with Crippen LogP contribution in [0.4, 0.5) is 5.69 Å². The first-order chi connectivity index (χ1) is 12.0. The van der Waals surface area contributed by atoms with E-state index in [0.29, 0.717) is 32.4 Å². The summed E-state index contributed by atoms with van der Waals surface area (Å²) in [5.41, 5.74) is 1.34. The molecule has 0 saturated carbocycles. The second-order valence-electron chi connectivity index (χ2n) is 4.95. The van der Waals surface area contributed by atoms with E-state index in [1.54, 1.807) is 18.2 Å². The monoisotopic (exact) mass is 379 g/mol. The van der Waals surface area contributed by atoms with Gasteiger partial charge in [0.2, 0.25) is 0 Å². The highest BCUT2D eigenvalue weighted by Gasteiger charge is 2.23. The number of halogens is 1. The highest BCUT2D eigenvalue weighted by atomic mass is 35.5. The molecule has 0 aliphatic heterocycles. The first kappa shape index (κ1) is 17.4. The maximum Gasteiger partial charge on any atom is 0.350 e. The zero-order valence-electron chi connectivity index (χ0n) is 13.3. The Balaban J connectivity index is 1.99. The number of hydrogen-bond acceptors (Lipinski definition) is 8. The van der Waals surface area contributed by atoms with Crippen LogP contribution < -0.4 is 10.1 Å². The Hall–Kier alpha value is -2.42. The van der Waals surface area contributed by atoms with Crippen LogP contribution in [0.15, 0.2) is 30.6 Å². The van der Waals surface area contributed by atoms with E-state index in [1.165, 1.54) is 26.6 Å². The summed E-state index contributed by atoms with van der Waals surface area (Å²) in [4.78, 5) is 21.3. The van der Waals surface area contributed by atoms with Crippen LogP contribution in [-0.4, -0.2) is 35.3 Å². The summed E-state index contributed by atoms with van der Waals surface area (Å²) < 4.78 is 9.90. The number of benzene rings is 1. The molecule has 2 heterocycles. The summed E-state index contributed by atoms with van der Waals surface area (Å²) in [5, 5.41) is 13.8. The lowest BCUT2D eigenvalue weighted by Gasteiger charge is -2.16. The number of ether oxygens (including phenoxy) is 2. The fourth-order valence-corrected chi connectivity index (χ4v) is 3.52. The molecular weight excluding hydrogens is 366 g/mol. The minimum absolute atomic E-state index is 0.280. The molecule has 25 heavy (non-hydrogen) atoms. The van der Waals surface area contributed by atoms with Crippen LogP contribution in [0, 0.1) is 0 Å². The standard InChI is InChI=1S/C16H14ClN3O4S/c1-23-10-4-3-8(7-9(10)17)14(21)20-11-12-15(19-6-5-18-12)25-13(11)16(22)24-2/h3-7,14,20-21H,1-2H3. The van der Waals surface area contributed by atoms with Crippen LogP contribution in [-0.2, 0) is 4.74 Å². The zero-order valence-corrected chi connectivity index (χ0v) is 14.9. The van der Waals surface area contributed by atoms with Crippen LogP contribution in [0.25, 0.3) is 10.3 Å². The van der Waals surface area contributed by atoms with Gasteiger partial charge in [0.1, 0.15) is 21.0 Å². The van der Waals surface area contributed by atoms with Crippen molar-refractivity contribution in [2.75, 3.05) is 19.5 Å². The number of carbonyl (C=O) groups excluding carboxylic acids is 1. The van der Waals surface area contributed by atoms with Gasteiger partial charge in [-0.05, 0) is 12.1 Å². The molecule has 0 saturated heterocycles. The van der Waals surface area contributed by atoms with Crippen molar-refractivity contribution in [3.8, 4) is 5.75 Å². The molecule has 0 fully saturated rings. The van der Waals surface area contributed by atoms with E-state index in [-0.39, 0.29) is 4.88 Å². The molecule has 130 valence electrons. The lowest BCUT2D eigenvalue weighted by atomic mass is 10.2. The Morgan fingerprint density at radius 2 is 2.08 bits per heavy atom. The summed E-state index contributed by atoms with van der Waals surface area (Å²) in [7, 11) is 2.80. The number of rotatable bonds is 5. The van der Waals surface area contributed by atoms with Crippen molar-refractivity contribution in [1.29, 1.82) is 0 Å². The number of esters is 1. The molecule has 9 heteroatoms. The second kappa shape index (κ2) is 7.22. The Morgan fingerprint density at radius 1 is 1.32 bits per heavy atom. The summed E-state index contributed by atoms with van der Waals surface area (Å²) >= 11 is 7.23. The van der Waals surface area contributed by atoms with Gasteiger partial charge in [0.15, 0.2) is 6.23 Å². The third kappa shape index (κ3) is 3.37. The molecule has 0 aliphatic rings. The fourth-order valence-electron chi connectivity index (χ4n) is 2.27. The van der Waals surface area contributed by atoms with Crippen molar-refractivity contribution in [2.45, 2.75) is 6.23 Å². The highest BCUT2D eigenvalue weighted by molar-refractivity contribution is 7.21. The van der Waals surface area contributed by atoms with Gasteiger partial charge in [0.05, 0.1) is 24.9 Å². The number of nitrogens with zero attached hydrogens (tertiary/aromatic N) is 2. The third-order valence-electron chi connectivity index (χ3n) is 3.47. The molecule has 0 radical (unpaired) electrons. The average molecular weight is 380 g/mol. The van der Waals surface area contributed by atoms with Crippen molar-refractivity contribution in [3.05, 3.63) is 46.1 Å². The van der Waals surface area contributed by atoms with Crippen LogP contribution in [0.2, 0.25) is 5.02 Å². The number of carbonyl (C=O) groups is 1. The van der Waals surface area contributed by atoms with Crippen molar-refractivity contribution in [1.82, 2.24) is 9.97 Å². The SMILES string of the molecule is COC(=O)c1sc2nccnc2c1NC(O)c1ccc(OC)c(Cl)c1. The number of aliphatic hydroxyl groups excluding tert-OH is 1. The number of nitrogens with one attached hydrogen (secondary N) is 1. The van der Waals surface area contributed by atoms with Crippen molar-refractivity contribution in [3.63, 3.8) is 0 Å². The number of anilines is 1. The minimum atomic E-state index is -1.12. The van der Waals surface area contributed by atoms with E-state index in [4.69, 9.17) is 21.1 Å². The Morgan fingerprint density at radius 3 is 2.76 bits per heavy atom. The lowest BCUT2D eigenvalue weighted by Crippen LogP contribution is -2.12. The normalized spacial score (nSPS) is 12.0. The Kier molecular flexibility index (Phi) is 5.03. The lowest BCUT2D eigenvalue weighted by molar-refractivity contribution is 0.0607. The number of aromatic nitrogens is 2. The average Bonchev–Trinajstić information content (AvgIpc) is 2.99. The molecule has 0 amide bonds. The minimum Gasteiger partial charge on any atom is -0.495 e. The molecule has 0 aliphatic carbocycles. The van der Waals surface area contributed by atoms with Crippen molar-refractivity contribution < 1.29 is 19.4 Å². The number of hydrogen-bond donors (Lipinski definition) is 2. The van der Waals surface area contributed by atoms with E-state index >= 15 is 0 Å². The molecule has 7 nitrogen and oxygen atoms in total. The highest BCUT2D eigenvalue weighted by Crippen LogP contribution is 2.36. The molecule has 1 atom stereocenters. The summed E-state index contributed by atoms with van der Waals surface area (Å²) in [5.74, 6) is -0.0352. The van der Waals surface area contributed by atoms with Gasteiger partial charge in [-0.2, -0.15) is 0 Å². The first-order valence-corrected chi connectivity index (χ1v) is 8.34. The fraction of sp³-hybridized carbons (Fsp3) is 0.188. The third-order valence-corrected chi connectivity index (χ3v) is 4.83. The zero-order chi connectivity index (χ0) is 18.0. The molecule has 2 aromatic heterocycles. The van der Waals surface area contributed by atoms with Crippen LogP contribution in [0.5, 0.6) is 5.75 Å². The van der Waals surface area contributed by atoms with Gasteiger partial charge in [0, 0.05) is 18.0 Å². The van der Waals surface area contributed by atoms with Gasteiger partial charge >= 0.3 is 5.97 Å². The van der Waals surface area contributed by atoms with E-state index in [9.17, 15) is 9.90 Å². The molecule has 0 bridgehead atoms. The summed E-state index contributed by atoms with van der Waals surface area (Å²) in [6, 6.07) is 4.89. The van der Waals surface area contributed by atoms with Gasteiger partial charge in [0.25, 0.3) is 0 Å². The second-order valence-corrected chi connectivity index (χ2v) is 6.35. The predicted molar refractivity (Wildman–Crippen MR) is 95.3 cm³/mol. The van der Waals surface area contributed by atoms with Crippen molar-refractivity contribution in [2.24, 2.45) is 0 Å². The molecule has 1 aromatic carbocycles. The van der Waals surface area contributed by atoms with Crippen LogP contribution in [0.3, 0.4) is 0 Å². The number of methoxy groups -OCH3 is 2. The van der Waals surface area contributed by atoms with Gasteiger partial charge in [-0.3, -0.25) is 0 Å². The van der Waals surface area contributed by atoms with Crippen LogP contribution >= 0.6 is 22.9 Å². The Bertz CT molecular complexity index is 931. The van der Waals surface area contributed by atoms with E-state index in [2.05, 4.69) is 15.3 Å². The molecule has 2 N–H and O–H groups in total. The molecule has 0 spiro atoms. The molecular formula is C16H14ClN3O4S.